The molecule has 3 aromatic carbocycles. The molecule has 1 N–H and O–H groups in total. The van der Waals surface area contributed by atoms with Gasteiger partial charge < -0.3 is 10.1 Å². The number of ether oxygens (including phenoxy) is 1. The lowest BCUT2D eigenvalue weighted by atomic mass is 10.0. The van der Waals surface area contributed by atoms with E-state index in [0.717, 1.165) is 11.1 Å². The van der Waals surface area contributed by atoms with Crippen molar-refractivity contribution >= 4 is 28.9 Å². The Hall–Kier alpha value is -3.38. The number of aryl methyl sites for hydroxylation is 1. The Kier molecular flexibility index (Phi) is 5.91. The molecule has 0 fully saturated rings. The molecule has 0 aliphatic carbocycles. The van der Waals surface area contributed by atoms with Crippen molar-refractivity contribution in [3.63, 3.8) is 0 Å². The molecule has 0 aliphatic rings. The quantitative estimate of drug-likeness (QED) is 0.456. The van der Waals surface area contributed by atoms with E-state index in [4.69, 9.17) is 16.3 Å². The van der Waals surface area contributed by atoms with Crippen molar-refractivity contribution in [3.8, 4) is 16.9 Å². The molecule has 0 saturated carbocycles. The number of benzene rings is 3. The minimum Gasteiger partial charge on any atom is -0.484 e. The average molecular weight is 397 g/mol. The van der Waals surface area contributed by atoms with Crippen LogP contribution in [0.3, 0.4) is 0 Å². The fourth-order valence-corrected chi connectivity index (χ4v) is 2.75. The largest absolute Gasteiger partial charge is 0.484 e. The van der Waals surface area contributed by atoms with Crippen LogP contribution >= 0.6 is 11.6 Å². The van der Waals surface area contributed by atoms with Crippen LogP contribution in [0.1, 0.15) is 5.56 Å². The highest BCUT2D eigenvalue weighted by molar-refractivity contribution is 6.32. The average Bonchev–Trinajstić information content (AvgIpc) is 2.69. The minimum atomic E-state index is -0.607. The van der Waals surface area contributed by atoms with Crippen molar-refractivity contribution in [2.75, 3.05) is 11.9 Å². The maximum atomic E-state index is 12.0. The van der Waals surface area contributed by atoms with Crippen molar-refractivity contribution in [2.24, 2.45) is 0 Å². The van der Waals surface area contributed by atoms with E-state index in [-0.39, 0.29) is 23.0 Å². The van der Waals surface area contributed by atoms with Gasteiger partial charge in [-0.3, -0.25) is 14.9 Å². The van der Waals surface area contributed by atoms with Gasteiger partial charge in [-0.15, -0.1) is 0 Å². The van der Waals surface area contributed by atoms with Gasteiger partial charge in [-0.2, -0.15) is 0 Å². The lowest BCUT2D eigenvalue weighted by Gasteiger charge is -2.09. The fraction of sp³-hybridized carbons (Fsp3) is 0.0952. The molecule has 3 aromatic rings. The summed E-state index contributed by atoms with van der Waals surface area (Å²) < 4.78 is 5.48. The third kappa shape index (κ3) is 4.86. The van der Waals surface area contributed by atoms with Gasteiger partial charge in [0.05, 0.1) is 4.92 Å². The molecule has 6 nitrogen and oxygen atoms in total. The standard InChI is InChI=1S/C21H17ClN2O4/c1-14-2-4-15(5-3-14)16-6-9-18(10-7-16)28-13-21(25)23-17-8-11-19(22)20(12-17)24(26)27/h2-12H,13H2,1H3,(H,23,25). The molecule has 3 rings (SSSR count). The van der Waals surface area contributed by atoms with Gasteiger partial charge >= 0.3 is 0 Å². The topological polar surface area (TPSA) is 81.5 Å². The van der Waals surface area contributed by atoms with Crippen LogP contribution in [-0.4, -0.2) is 17.4 Å². The molecule has 0 heterocycles. The minimum absolute atomic E-state index is 0.00733. The van der Waals surface area contributed by atoms with E-state index in [0.29, 0.717) is 5.75 Å². The first-order chi connectivity index (χ1) is 13.4. The zero-order valence-electron chi connectivity index (χ0n) is 15.0. The molecular formula is C21H17ClN2O4. The zero-order valence-corrected chi connectivity index (χ0v) is 15.8. The number of halogens is 1. The normalized spacial score (nSPS) is 10.4. The summed E-state index contributed by atoms with van der Waals surface area (Å²) in [5, 5.41) is 13.5. The predicted octanol–water partition coefficient (Wildman–Crippen LogP) is 5.24. The van der Waals surface area contributed by atoms with E-state index >= 15 is 0 Å². The smallest absolute Gasteiger partial charge is 0.289 e. The number of anilines is 1. The Labute approximate surface area is 166 Å². The summed E-state index contributed by atoms with van der Waals surface area (Å²) in [4.78, 5) is 22.3. The highest BCUT2D eigenvalue weighted by Crippen LogP contribution is 2.27. The maximum absolute atomic E-state index is 12.0. The van der Waals surface area contributed by atoms with Crippen LogP contribution in [0.5, 0.6) is 5.75 Å². The molecule has 0 saturated heterocycles. The van der Waals surface area contributed by atoms with Crippen molar-refractivity contribution < 1.29 is 14.5 Å². The fourth-order valence-electron chi connectivity index (χ4n) is 2.57. The maximum Gasteiger partial charge on any atom is 0.289 e. The molecule has 0 unspecified atom stereocenters. The van der Waals surface area contributed by atoms with Gasteiger partial charge in [-0.05, 0) is 42.3 Å². The number of nitrogens with zero attached hydrogens (tertiary/aromatic N) is 1. The van der Waals surface area contributed by atoms with Gasteiger partial charge in [0, 0.05) is 11.8 Å². The molecule has 28 heavy (non-hydrogen) atoms. The van der Waals surface area contributed by atoms with E-state index in [1.54, 1.807) is 12.1 Å². The van der Waals surface area contributed by atoms with Crippen molar-refractivity contribution in [1.29, 1.82) is 0 Å². The molecule has 0 atom stereocenters. The van der Waals surface area contributed by atoms with Crippen molar-refractivity contribution in [1.82, 2.24) is 0 Å². The van der Waals surface area contributed by atoms with Crippen LogP contribution in [0.25, 0.3) is 11.1 Å². The number of nitrogens with one attached hydrogen (secondary N) is 1. The van der Waals surface area contributed by atoms with Gasteiger partial charge in [0.1, 0.15) is 10.8 Å². The second-order valence-corrected chi connectivity index (χ2v) is 6.56. The number of hydrogen-bond donors (Lipinski definition) is 1. The van der Waals surface area contributed by atoms with Crippen LogP contribution in [0.2, 0.25) is 5.02 Å². The predicted molar refractivity (Wildman–Crippen MR) is 109 cm³/mol. The third-order valence-corrected chi connectivity index (χ3v) is 4.36. The summed E-state index contributed by atoms with van der Waals surface area (Å²) in [5.41, 5.74) is 3.34. The number of nitro benzene ring substituents is 1. The monoisotopic (exact) mass is 396 g/mol. The van der Waals surface area contributed by atoms with Crippen LogP contribution in [0.15, 0.2) is 66.7 Å². The molecular weight excluding hydrogens is 380 g/mol. The number of hydrogen-bond acceptors (Lipinski definition) is 4. The summed E-state index contributed by atoms with van der Waals surface area (Å²) in [7, 11) is 0. The van der Waals surface area contributed by atoms with Gasteiger partial charge in [0.15, 0.2) is 6.61 Å². The number of amides is 1. The molecule has 0 aliphatic heterocycles. The number of nitro groups is 1. The van der Waals surface area contributed by atoms with Gasteiger partial charge in [0.2, 0.25) is 0 Å². The highest BCUT2D eigenvalue weighted by Gasteiger charge is 2.14. The van der Waals surface area contributed by atoms with Crippen LogP contribution in [-0.2, 0) is 4.79 Å². The molecule has 0 spiro atoms. The molecule has 0 aromatic heterocycles. The van der Waals surface area contributed by atoms with Crippen LogP contribution in [0.4, 0.5) is 11.4 Å². The number of carbonyl (C=O) groups excluding carboxylic acids is 1. The molecule has 1 amide bonds. The van der Waals surface area contributed by atoms with E-state index in [2.05, 4.69) is 5.32 Å². The number of carbonyl (C=O) groups is 1. The van der Waals surface area contributed by atoms with Gasteiger partial charge in [-0.1, -0.05) is 53.6 Å². The lowest BCUT2D eigenvalue weighted by molar-refractivity contribution is -0.384. The molecule has 142 valence electrons. The summed E-state index contributed by atoms with van der Waals surface area (Å²) in [6.45, 7) is 1.81. The Bertz CT molecular complexity index is 1000. The molecule has 0 radical (unpaired) electrons. The summed E-state index contributed by atoms with van der Waals surface area (Å²) in [6.07, 6.45) is 0. The molecule has 0 bridgehead atoms. The summed E-state index contributed by atoms with van der Waals surface area (Å²) in [6, 6.07) is 19.6. The van der Waals surface area contributed by atoms with Gasteiger partial charge in [-0.25, -0.2) is 0 Å². The third-order valence-electron chi connectivity index (χ3n) is 4.04. The van der Waals surface area contributed by atoms with Crippen molar-refractivity contribution in [3.05, 3.63) is 87.4 Å². The van der Waals surface area contributed by atoms with E-state index in [9.17, 15) is 14.9 Å². The second kappa shape index (κ2) is 8.54. The zero-order chi connectivity index (χ0) is 20.1. The summed E-state index contributed by atoms with van der Waals surface area (Å²) in [5.74, 6) is 0.118. The Balaban J connectivity index is 1.58. The molecule has 7 heteroatoms. The van der Waals surface area contributed by atoms with E-state index in [1.807, 2.05) is 43.3 Å². The number of rotatable bonds is 6. The first kappa shape index (κ1) is 19.4. The van der Waals surface area contributed by atoms with Crippen molar-refractivity contribution in [2.45, 2.75) is 6.92 Å². The summed E-state index contributed by atoms with van der Waals surface area (Å²) >= 11 is 5.75. The first-order valence-electron chi connectivity index (χ1n) is 8.46. The second-order valence-electron chi connectivity index (χ2n) is 6.15. The van der Waals surface area contributed by atoms with E-state index < -0.39 is 10.8 Å². The lowest BCUT2D eigenvalue weighted by Crippen LogP contribution is -2.20. The SMILES string of the molecule is Cc1ccc(-c2ccc(OCC(=O)Nc3ccc(Cl)c([N+](=O)[O-])c3)cc2)cc1. The Morgan fingerprint density at radius 2 is 1.64 bits per heavy atom. The Morgan fingerprint density at radius 1 is 1.04 bits per heavy atom. The first-order valence-corrected chi connectivity index (χ1v) is 8.84. The van der Waals surface area contributed by atoms with Gasteiger partial charge in [0.25, 0.3) is 11.6 Å². The van der Waals surface area contributed by atoms with E-state index in [1.165, 1.54) is 23.8 Å². The Morgan fingerprint density at radius 3 is 2.25 bits per heavy atom. The van der Waals surface area contributed by atoms with Crippen LogP contribution < -0.4 is 10.1 Å². The van der Waals surface area contributed by atoms with Crippen LogP contribution in [0, 0.1) is 17.0 Å². The highest BCUT2D eigenvalue weighted by atomic mass is 35.5.